The van der Waals surface area contributed by atoms with E-state index in [9.17, 15) is 15.2 Å². The number of benzene rings is 2. The van der Waals surface area contributed by atoms with Crippen LogP contribution in [-0.4, -0.2) is 31.7 Å². The Kier molecular flexibility index (Phi) is 4.47. The van der Waals surface area contributed by atoms with Crippen LogP contribution in [0.25, 0.3) is 22.2 Å². The van der Waals surface area contributed by atoms with E-state index in [1.165, 1.54) is 19.2 Å². The molecule has 0 radical (unpaired) electrons. The number of nitrogens with zero attached hydrogens (tertiary/aromatic N) is 4. The monoisotopic (exact) mass is 391 g/mol. The van der Waals surface area contributed by atoms with Crippen molar-refractivity contribution in [2.45, 2.75) is 0 Å². The van der Waals surface area contributed by atoms with Gasteiger partial charge in [-0.1, -0.05) is 18.2 Å². The minimum Gasteiger partial charge on any atom is -0.506 e. The molecule has 0 spiro atoms. The molecule has 0 fully saturated rings. The predicted molar refractivity (Wildman–Crippen MR) is 109 cm³/mol. The van der Waals surface area contributed by atoms with Crippen molar-refractivity contribution in [3.8, 4) is 22.8 Å². The van der Waals surface area contributed by atoms with Gasteiger partial charge in [0.1, 0.15) is 5.75 Å². The van der Waals surface area contributed by atoms with Crippen LogP contribution in [0.5, 0.6) is 11.5 Å². The fourth-order valence-electron chi connectivity index (χ4n) is 3.20. The molecule has 9 nitrogen and oxygen atoms in total. The molecule has 0 atom stereocenters. The Labute approximate surface area is 165 Å². The lowest BCUT2D eigenvalue weighted by Crippen LogP contribution is -2.00. The number of phenols is 1. The maximum atomic E-state index is 11.2. The topological polar surface area (TPSA) is 115 Å². The van der Waals surface area contributed by atoms with E-state index < -0.39 is 4.92 Å². The lowest BCUT2D eigenvalue weighted by Gasteiger charge is -2.10. The number of nitro groups is 1. The van der Waals surface area contributed by atoms with E-state index in [0.717, 1.165) is 16.5 Å². The van der Waals surface area contributed by atoms with Crippen LogP contribution in [0.4, 0.5) is 17.3 Å². The average Bonchev–Trinajstić information content (AvgIpc) is 3.06. The predicted octanol–water partition coefficient (Wildman–Crippen LogP) is 4.00. The summed E-state index contributed by atoms with van der Waals surface area (Å²) in [5.74, 6) is -0.0553. The minimum absolute atomic E-state index is 0.0384. The number of aryl methyl sites for hydroxylation is 1. The molecule has 4 aromatic rings. The van der Waals surface area contributed by atoms with Crippen molar-refractivity contribution in [1.29, 1.82) is 0 Å². The zero-order valence-corrected chi connectivity index (χ0v) is 15.7. The number of ether oxygens (including phenoxy) is 1. The molecule has 146 valence electrons. The lowest BCUT2D eigenvalue weighted by atomic mass is 10.1. The summed E-state index contributed by atoms with van der Waals surface area (Å²) >= 11 is 0. The highest BCUT2D eigenvalue weighted by molar-refractivity contribution is 5.95. The van der Waals surface area contributed by atoms with Crippen LogP contribution in [0, 0.1) is 10.1 Å². The molecule has 0 saturated heterocycles. The fourth-order valence-corrected chi connectivity index (χ4v) is 3.20. The quantitative estimate of drug-likeness (QED) is 0.300. The number of anilines is 2. The molecule has 2 aromatic carbocycles. The SMILES string of the molecule is COc1cc(O)c(Nc2nccc(-c3cn(C)c4ccccc34)n2)cc1[N+](=O)[O-]. The average molecular weight is 391 g/mol. The maximum Gasteiger partial charge on any atom is 0.313 e. The zero-order valence-electron chi connectivity index (χ0n) is 15.7. The van der Waals surface area contributed by atoms with E-state index in [-0.39, 0.29) is 28.8 Å². The molecule has 2 aromatic heterocycles. The molecular weight excluding hydrogens is 374 g/mol. The van der Waals surface area contributed by atoms with Gasteiger partial charge in [-0.3, -0.25) is 10.1 Å². The number of methoxy groups -OCH3 is 1. The number of rotatable bonds is 5. The summed E-state index contributed by atoms with van der Waals surface area (Å²) in [4.78, 5) is 19.3. The van der Waals surface area contributed by atoms with Crippen molar-refractivity contribution in [2.75, 3.05) is 12.4 Å². The molecule has 2 heterocycles. The molecule has 0 aliphatic rings. The number of hydrogen-bond acceptors (Lipinski definition) is 7. The van der Waals surface area contributed by atoms with Crippen LogP contribution < -0.4 is 10.1 Å². The van der Waals surface area contributed by atoms with E-state index in [0.29, 0.717) is 5.69 Å². The Morgan fingerprint density at radius 1 is 1.24 bits per heavy atom. The van der Waals surface area contributed by atoms with Gasteiger partial charge in [0.05, 0.1) is 23.4 Å². The summed E-state index contributed by atoms with van der Waals surface area (Å²) in [6.07, 6.45) is 3.56. The van der Waals surface area contributed by atoms with Crippen LogP contribution >= 0.6 is 0 Å². The molecule has 0 bridgehead atoms. The third-order valence-electron chi connectivity index (χ3n) is 4.57. The number of aromatic hydroxyl groups is 1. The van der Waals surface area contributed by atoms with Crippen molar-refractivity contribution >= 4 is 28.2 Å². The van der Waals surface area contributed by atoms with Crippen LogP contribution in [0.15, 0.2) is 54.9 Å². The Morgan fingerprint density at radius 3 is 2.79 bits per heavy atom. The second-order valence-corrected chi connectivity index (χ2v) is 6.36. The first-order valence-electron chi connectivity index (χ1n) is 8.68. The van der Waals surface area contributed by atoms with Gasteiger partial charge in [0.25, 0.3) is 0 Å². The molecule has 0 aliphatic heterocycles. The van der Waals surface area contributed by atoms with E-state index >= 15 is 0 Å². The number of nitrogens with one attached hydrogen (secondary N) is 1. The Balaban J connectivity index is 1.74. The summed E-state index contributed by atoms with van der Waals surface area (Å²) in [6.45, 7) is 0. The Morgan fingerprint density at radius 2 is 2.03 bits per heavy atom. The van der Waals surface area contributed by atoms with Gasteiger partial charge in [0.15, 0.2) is 0 Å². The minimum atomic E-state index is -0.586. The first-order valence-corrected chi connectivity index (χ1v) is 8.68. The number of para-hydroxylation sites is 1. The molecule has 4 rings (SSSR count). The summed E-state index contributed by atoms with van der Waals surface area (Å²) in [7, 11) is 3.26. The Hall–Kier alpha value is -4.14. The maximum absolute atomic E-state index is 11.2. The molecule has 29 heavy (non-hydrogen) atoms. The molecule has 9 heteroatoms. The van der Waals surface area contributed by atoms with Crippen molar-refractivity contribution < 1.29 is 14.8 Å². The number of aromatic nitrogens is 3. The zero-order chi connectivity index (χ0) is 20.5. The molecule has 0 amide bonds. The highest BCUT2D eigenvalue weighted by Crippen LogP contribution is 2.38. The summed E-state index contributed by atoms with van der Waals surface area (Å²) in [6, 6.07) is 12.1. The molecule has 0 aliphatic carbocycles. The molecule has 0 unspecified atom stereocenters. The van der Waals surface area contributed by atoms with E-state index in [1.54, 1.807) is 12.3 Å². The smallest absolute Gasteiger partial charge is 0.313 e. The van der Waals surface area contributed by atoms with Crippen LogP contribution in [0.2, 0.25) is 0 Å². The van der Waals surface area contributed by atoms with Gasteiger partial charge in [0.2, 0.25) is 11.7 Å². The summed E-state index contributed by atoms with van der Waals surface area (Å²) in [5, 5.41) is 25.3. The summed E-state index contributed by atoms with van der Waals surface area (Å²) in [5.41, 5.74) is 2.50. The highest BCUT2D eigenvalue weighted by Gasteiger charge is 2.19. The normalized spacial score (nSPS) is 10.8. The van der Waals surface area contributed by atoms with Crippen LogP contribution in [-0.2, 0) is 7.05 Å². The fraction of sp³-hybridized carbons (Fsp3) is 0.100. The molecule has 2 N–H and O–H groups in total. The van der Waals surface area contributed by atoms with Gasteiger partial charge >= 0.3 is 5.69 Å². The highest BCUT2D eigenvalue weighted by atomic mass is 16.6. The lowest BCUT2D eigenvalue weighted by molar-refractivity contribution is -0.385. The number of phenolic OH excluding ortho intramolecular Hbond substituents is 1. The first-order chi connectivity index (χ1) is 14.0. The van der Waals surface area contributed by atoms with Crippen molar-refractivity contribution in [2.24, 2.45) is 7.05 Å². The molecular formula is C20H17N5O4. The Bertz CT molecular complexity index is 1240. The van der Waals surface area contributed by atoms with E-state index in [2.05, 4.69) is 15.3 Å². The number of hydrogen-bond donors (Lipinski definition) is 2. The van der Waals surface area contributed by atoms with Crippen LogP contribution in [0.1, 0.15) is 0 Å². The molecule has 0 saturated carbocycles. The van der Waals surface area contributed by atoms with E-state index in [1.807, 2.05) is 42.1 Å². The van der Waals surface area contributed by atoms with Gasteiger partial charge < -0.3 is 19.7 Å². The van der Waals surface area contributed by atoms with Crippen LogP contribution in [0.3, 0.4) is 0 Å². The second kappa shape index (κ2) is 7.12. The standard InChI is InChI=1S/C20H17N5O4/c1-24-11-13(12-5-3-4-6-16(12)24)14-7-8-21-20(22-14)23-15-9-17(25(27)28)19(29-2)10-18(15)26/h3-11,26H,1-2H3,(H,21,22,23). The first kappa shape index (κ1) is 18.2. The summed E-state index contributed by atoms with van der Waals surface area (Å²) < 4.78 is 6.96. The number of fused-ring (bicyclic) bond motifs is 1. The largest absolute Gasteiger partial charge is 0.506 e. The number of nitro benzene ring substituents is 1. The third-order valence-corrected chi connectivity index (χ3v) is 4.57. The van der Waals surface area contributed by atoms with Gasteiger partial charge in [-0.15, -0.1) is 0 Å². The van der Waals surface area contributed by atoms with Gasteiger partial charge in [-0.2, -0.15) is 0 Å². The van der Waals surface area contributed by atoms with E-state index in [4.69, 9.17) is 4.74 Å². The van der Waals surface area contributed by atoms with Gasteiger partial charge in [-0.25, -0.2) is 9.97 Å². The van der Waals surface area contributed by atoms with Crippen molar-refractivity contribution in [3.05, 3.63) is 65.0 Å². The van der Waals surface area contributed by atoms with Crippen molar-refractivity contribution in [3.63, 3.8) is 0 Å². The second-order valence-electron chi connectivity index (χ2n) is 6.36. The van der Waals surface area contributed by atoms with Crippen molar-refractivity contribution in [1.82, 2.24) is 14.5 Å². The third kappa shape index (κ3) is 3.29. The van der Waals surface area contributed by atoms with Gasteiger partial charge in [-0.05, 0) is 12.1 Å². The van der Waals surface area contributed by atoms with Gasteiger partial charge in [0, 0.05) is 48.0 Å².